The first-order chi connectivity index (χ1) is 14.0. The van der Waals surface area contributed by atoms with E-state index < -0.39 is 6.10 Å². The molecule has 1 fully saturated rings. The molecule has 2 aromatic carbocycles. The van der Waals surface area contributed by atoms with Crippen LogP contribution in [0.4, 0.5) is 0 Å². The Labute approximate surface area is 173 Å². The predicted molar refractivity (Wildman–Crippen MR) is 113 cm³/mol. The van der Waals surface area contributed by atoms with Crippen LogP contribution in [0.25, 0.3) is 0 Å². The molecule has 0 radical (unpaired) electrons. The molecule has 5 heteroatoms. The number of aliphatic hydroxyl groups excluding tert-OH is 1. The fraction of sp³-hybridized carbons (Fsp3) is 0.458. The highest BCUT2D eigenvalue weighted by Crippen LogP contribution is 2.17. The van der Waals surface area contributed by atoms with E-state index in [4.69, 9.17) is 9.47 Å². The Kier molecular flexibility index (Phi) is 7.81. The fourth-order valence-electron chi connectivity index (χ4n) is 3.56. The quantitative estimate of drug-likeness (QED) is 0.621. The van der Waals surface area contributed by atoms with Crippen molar-refractivity contribution >= 4 is 5.78 Å². The Bertz CT molecular complexity index is 766. The normalized spacial score (nSPS) is 17.4. The lowest BCUT2D eigenvalue weighted by Gasteiger charge is -2.27. The summed E-state index contributed by atoms with van der Waals surface area (Å²) in [5, 5.41) is 10.6. The number of hydrogen-bond acceptors (Lipinski definition) is 5. The van der Waals surface area contributed by atoms with E-state index in [0.29, 0.717) is 17.9 Å². The van der Waals surface area contributed by atoms with Crippen LogP contribution in [-0.4, -0.2) is 54.3 Å². The number of aryl methyl sites for hydroxylation is 1. The monoisotopic (exact) mass is 397 g/mol. The second-order valence-electron chi connectivity index (χ2n) is 7.86. The number of rotatable bonds is 10. The number of nitrogens with zero attached hydrogens (tertiary/aromatic N) is 1. The zero-order chi connectivity index (χ0) is 20.6. The number of benzene rings is 2. The lowest BCUT2D eigenvalue weighted by atomic mass is 10.1. The molecule has 0 spiro atoms. The van der Waals surface area contributed by atoms with Gasteiger partial charge in [0, 0.05) is 31.8 Å². The summed E-state index contributed by atoms with van der Waals surface area (Å²) in [6, 6.07) is 15.5. The van der Waals surface area contributed by atoms with Crippen LogP contribution in [0.5, 0.6) is 5.75 Å². The van der Waals surface area contributed by atoms with E-state index in [1.165, 1.54) is 18.1 Å². The molecule has 1 N–H and O–H groups in total. The van der Waals surface area contributed by atoms with Crippen molar-refractivity contribution < 1.29 is 19.4 Å². The van der Waals surface area contributed by atoms with Crippen molar-refractivity contribution in [2.75, 3.05) is 26.3 Å². The van der Waals surface area contributed by atoms with Crippen molar-refractivity contribution in [1.29, 1.82) is 0 Å². The standard InChI is InChI=1S/C24H31NO4/c1-18-5-7-20(8-6-18)14-25(16-24-4-3-13-28-24)15-22(27)17-29-23-11-9-21(10-12-23)19(2)26/h5-12,22,24,27H,3-4,13-17H2,1-2H3. The maximum atomic E-state index is 11.4. The van der Waals surface area contributed by atoms with Crippen molar-refractivity contribution in [3.8, 4) is 5.75 Å². The first kappa shape index (κ1) is 21.5. The number of ketones is 1. The van der Waals surface area contributed by atoms with Crippen molar-refractivity contribution in [2.24, 2.45) is 0 Å². The molecule has 2 unspecified atom stereocenters. The molecule has 2 aromatic rings. The summed E-state index contributed by atoms with van der Waals surface area (Å²) in [4.78, 5) is 13.6. The highest BCUT2D eigenvalue weighted by molar-refractivity contribution is 5.94. The molecule has 1 aliphatic rings. The molecule has 0 aliphatic carbocycles. The third-order valence-electron chi connectivity index (χ3n) is 5.18. The minimum atomic E-state index is -0.616. The van der Waals surface area contributed by atoms with E-state index >= 15 is 0 Å². The van der Waals surface area contributed by atoms with E-state index in [1.54, 1.807) is 24.3 Å². The molecular formula is C24H31NO4. The Balaban J connectivity index is 1.55. The van der Waals surface area contributed by atoms with Crippen LogP contribution >= 0.6 is 0 Å². The van der Waals surface area contributed by atoms with Gasteiger partial charge >= 0.3 is 0 Å². The van der Waals surface area contributed by atoms with E-state index in [9.17, 15) is 9.90 Å². The van der Waals surface area contributed by atoms with Gasteiger partial charge in [-0.3, -0.25) is 9.69 Å². The molecule has 1 saturated heterocycles. The van der Waals surface area contributed by atoms with Crippen LogP contribution in [0, 0.1) is 6.92 Å². The van der Waals surface area contributed by atoms with Crippen molar-refractivity contribution in [2.45, 2.75) is 45.4 Å². The smallest absolute Gasteiger partial charge is 0.159 e. The molecule has 1 heterocycles. The SMILES string of the molecule is CC(=O)c1ccc(OCC(O)CN(Cc2ccc(C)cc2)CC2CCCO2)cc1. The number of ether oxygens (including phenoxy) is 2. The Hall–Kier alpha value is -2.21. The molecule has 1 aliphatic heterocycles. The number of carbonyl (C=O) groups is 1. The second-order valence-corrected chi connectivity index (χ2v) is 7.86. The zero-order valence-electron chi connectivity index (χ0n) is 17.3. The van der Waals surface area contributed by atoms with E-state index in [-0.39, 0.29) is 18.5 Å². The molecule has 2 atom stereocenters. The van der Waals surface area contributed by atoms with Crippen LogP contribution in [-0.2, 0) is 11.3 Å². The first-order valence-electron chi connectivity index (χ1n) is 10.3. The Morgan fingerprint density at radius 2 is 1.93 bits per heavy atom. The van der Waals surface area contributed by atoms with Gasteiger partial charge in [0.25, 0.3) is 0 Å². The third-order valence-corrected chi connectivity index (χ3v) is 5.18. The lowest BCUT2D eigenvalue weighted by molar-refractivity contribution is 0.0313. The van der Waals surface area contributed by atoms with E-state index in [1.807, 2.05) is 0 Å². The van der Waals surface area contributed by atoms with Gasteiger partial charge in [-0.1, -0.05) is 29.8 Å². The largest absolute Gasteiger partial charge is 0.491 e. The minimum absolute atomic E-state index is 0.0254. The van der Waals surface area contributed by atoms with Gasteiger partial charge < -0.3 is 14.6 Å². The maximum absolute atomic E-state index is 11.4. The molecular weight excluding hydrogens is 366 g/mol. The van der Waals surface area contributed by atoms with E-state index in [2.05, 4.69) is 36.1 Å². The van der Waals surface area contributed by atoms with Crippen molar-refractivity contribution in [1.82, 2.24) is 4.90 Å². The topological polar surface area (TPSA) is 59.0 Å². The number of Topliss-reactive ketones (excluding diaryl/α,β-unsaturated/α-hetero) is 1. The van der Waals surface area contributed by atoms with Crippen molar-refractivity contribution in [3.63, 3.8) is 0 Å². The van der Waals surface area contributed by atoms with Gasteiger partial charge in [-0.2, -0.15) is 0 Å². The highest BCUT2D eigenvalue weighted by Gasteiger charge is 2.21. The highest BCUT2D eigenvalue weighted by atomic mass is 16.5. The minimum Gasteiger partial charge on any atom is -0.491 e. The molecule has 5 nitrogen and oxygen atoms in total. The van der Waals surface area contributed by atoms with Crippen molar-refractivity contribution in [3.05, 3.63) is 65.2 Å². The fourth-order valence-corrected chi connectivity index (χ4v) is 3.56. The van der Waals surface area contributed by atoms with Crippen LogP contribution in [0.1, 0.15) is 41.3 Å². The van der Waals surface area contributed by atoms with Gasteiger partial charge in [-0.25, -0.2) is 0 Å². The van der Waals surface area contributed by atoms with Crippen LogP contribution < -0.4 is 4.74 Å². The second kappa shape index (κ2) is 10.5. The molecule has 0 amide bonds. The van der Waals surface area contributed by atoms with Gasteiger partial charge in [0.15, 0.2) is 5.78 Å². The predicted octanol–water partition coefficient (Wildman–Crippen LogP) is 3.62. The molecule has 0 aromatic heterocycles. The van der Waals surface area contributed by atoms with Gasteiger partial charge in [-0.05, 0) is 56.5 Å². The third kappa shape index (κ3) is 6.96. The zero-order valence-corrected chi connectivity index (χ0v) is 17.3. The molecule has 29 heavy (non-hydrogen) atoms. The Morgan fingerprint density at radius 1 is 1.21 bits per heavy atom. The number of aliphatic hydroxyl groups is 1. The van der Waals surface area contributed by atoms with Gasteiger partial charge in [0.1, 0.15) is 18.5 Å². The summed E-state index contributed by atoms with van der Waals surface area (Å²) in [5.74, 6) is 0.677. The molecule has 3 rings (SSSR count). The van der Waals surface area contributed by atoms with Gasteiger partial charge in [-0.15, -0.1) is 0 Å². The maximum Gasteiger partial charge on any atom is 0.159 e. The van der Waals surface area contributed by atoms with Crippen LogP contribution in [0.15, 0.2) is 48.5 Å². The van der Waals surface area contributed by atoms with Crippen LogP contribution in [0.3, 0.4) is 0 Å². The molecule has 0 saturated carbocycles. The summed E-state index contributed by atoms with van der Waals surface area (Å²) in [6.07, 6.45) is 1.78. The number of hydrogen-bond donors (Lipinski definition) is 1. The number of carbonyl (C=O) groups excluding carboxylic acids is 1. The molecule has 156 valence electrons. The summed E-state index contributed by atoms with van der Waals surface area (Å²) < 4.78 is 11.5. The van der Waals surface area contributed by atoms with Gasteiger partial charge in [0.05, 0.1) is 6.10 Å². The summed E-state index contributed by atoms with van der Waals surface area (Å²) in [5.41, 5.74) is 3.11. The lowest BCUT2D eigenvalue weighted by Crippen LogP contribution is -2.39. The summed E-state index contributed by atoms with van der Waals surface area (Å²) >= 11 is 0. The molecule has 0 bridgehead atoms. The average molecular weight is 398 g/mol. The van der Waals surface area contributed by atoms with Crippen LogP contribution in [0.2, 0.25) is 0 Å². The average Bonchev–Trinajstić information content (AvgIpc) is 3.21. The Morgan fingerprint density at radius 3 is 2.55 bits per heavy atom. The first-order valence-corrected chi connectivity index (χ1v) is 10.3. The summed E-state index contributed by atoms with van der Waals surface area (Å²) in [7, 11) is 0. The summed E-state index contributed by atoms with van der Waals surface area (Å²) in [6.45, 7) is 6.73. The van der Waals surface area contributed by atoms with Gasteiger partial charge in [0.2, 0.25) is 0 Å². The van der Waals surface area contributed by atoms with E-state index in [0.717, 1.165) is 32.5 Å².